The second kappa shape index (κ2) is 6.95. The normalized spacial score (nSPS) is 19.5. The van der Waals surface area contributed by atoms with E-state index in [-0.39, 0.29) is 17.9 Å². The van der Waals surface area contributed by atoms with Crippen LogP contribution in [0.15, 0.2) is 41.0 Å². The van der Waals surface area contributed by atoms with Gasteiger partial charge in [0.05, 0.1) is 11.8 Å². The molecule has 1 aromatic carbocycles. The number of amides is 1. The zero-order valence-electron chi connectivity index (χ0n) is 17.0. The molecule has 31 heavy (non-hydrogen) atoms. The molecule has 9 heteroatoms. The molecule has 8 nitrogen and oxygen atoms in total. The third kappa shape index (κ3) is 3.05. The van der Waals surface area contributed by atoms with Crippen LogP contribution in [0, 0.1) is 5.92 Å². The van der Waals surface area contributed by atoms with Crippen molar-refractivity contribution in [3.05, 3.63) is 41.6 Å². The smallest absolute Gasteiger partial charge is 0.226 e. The largest absolute Gasteiger partial charge is 0.461 e. The van der Waals surface area contributed by atoms with Crippen LogP contribution < -0.4 is 4.90 Å². The van der Waals surface area contributed by atoms with Crippen molar-refractivity contribution in [2.75, 3.05) is 24.5 Å². The van der Waals surface area contributed by atoms with Crippen LogP contribution in [0.4, 0.5) is 5.95 Å². The zero-order valence-corrected chi connectivity index (χ0v) is 17.8. The minimum Gasteiger partial charge on any atom is -0.461 e. The van der Waals surface area contributed by atoms with Crippen molar-refractivity contribution >= 4 is 40.0 Å². The number of hydrogen-bond donors (Lipinski definition) is 0. The van der Waals surface area contributed by atoms with Gasteiger partial charge in [-0.25, -0.2) is 9.38 Å². The molecule has 0 spiro atoms. The highest BCUT2D eigenvalue weighted by Crippen LogP contribution is 2.34. The Morgan fingerprint density at radius 1 is 1.19 bits per heavy atom. The van der Waals surface area contributed by atoms with Crippen molar-refractivity contribution in [1.82, 2.24) is 24.5 Å². The summed E-state index contributed by atoms with van der Waals surface area (Å²) >= 11 is 6.25. The van der Waals surface area contributed by atoms with Crippen LogP contribution in [-0.4, -0.2) is 56.1 Å². The average Bonchev–Trinajstić information content (AvgIpc) is 3.29. The van der Waals surface area contributed by atoms with E-state index in [1.807, 2.05) is 39.6 Å². The van der Waals surface area contributed by atoms with Crippen LogP contribution in [0.3, 0.4) is 0 Å². The van der Waals surface area contributed by atoms with E-state index >= 15 is 0 Å². The van der Waals surface area contributed by atoms with Gasteiger partial charge in [0.25, 0.3) is 0 Å². The predicted molar refractivity (Wildman–Crippen MR) is 117 cm³/mol. The monoisotopic (exact) mass is 436 g/mol. The van der Waals surface area contributed by atoms with Gasteiger partial charge >= 0.3 is 0 Å². The minimum atomic E-state index is 0.0947. The number of halogens is 1. The number of hydrogen-bond acceptors (Lipinski definition) is 6. The minimum absolute atomic E-state index is 0.0947. The van der Waals surface area contributed by atoms with E-state index in [1.54, 1.807) is 6.26 Å². The Labute approximate surface area is 183 Å². The Bertz CT molecular complexity index is 1300. The maximum atomic E-state index is 12.6. The molecule has 0 N–H and O–H groups in total. The molecular weight excluding hydrogens is 416 g/mol. The van der Waals surface area contributed by atoms with Crippen LogP contribution in [0.2, 0.25) is 5.02 Å². The van der Waals surface area contributed by atoms with Crippen LogP contribution in [0.1, 0.15) is 19.8 Å². The Morgan fingerprint density at radius 2 is 2.06 bits per heavy atom. The fourth-order valence-electron chi connectivity index (χ4n) is 4.40. The molecule has 3 aromatic heterocycles. The van der Waals surface area contributed by atoms with E-state index < -0.39 is 0 Å². The van der Waals surface area contributed by atoms with Crippen LogP contribution >= 0.6 is 11.6 Å². The fraction of sp³-hybridized carbons (Fsp3) is 0.364. The molecule has 1 aliphatic heterocycles. The van der Waals surface area contributed by atoms with Crippen LogP contribution in [0.5, 0.6) is 0 Å². The summed E-state index contributed by atoms with van der Waals surface area (Å²) < 4.78 is 7.56. The number of carbonyl (C=O) groups excluding carboxylic acids is 1. The van der Waals surface area contributed by atoms with Gasteiger partial charge in [0.1, 0.15) is 0 Å². The van der Waals surface area contributed by atoms with Gasteiger partial charge in [0.2, 0.25) is 17.7 Å². The average molecular weight is 437 g/mol. The summed E-state index contributed by atoms with van der Waals surface area (Å²) in [5.41, 5.74) is 1.46. The van der Waals surface area contributed by atoms with Crippen LogP contribution in [0.25, 0.3) is 28.1 Å². The van der Waals surface area contributed by atoms with Crippen molar-refractivity contribution in [2.45, 2.75) is 25.8 Å². The molecule has 4 aromatic rings. The highest BCUT2D eigenvalue weighted by atomic mass is 35.5. The molecule has 0 radical (unpaired) electrons. The van der Waals surface area contributed by atoms with Gasteiger partial charge in [-0.1, -0.05) is 11.6 Å². The molecule has 1 aliphatic carbocycles. The van der Waals surface area contributed by atoms with Crippen molar-refractivity contribution in [3.63, 3.8) is 0 Å². The van der Waals surface area contributed by atoms with Gasteiger partial charge in [0.15, 0.2) is 11.4 Å². The molecule has 1 saturated carbocycles. The number of benzene rings is 1. The molecule has 0 bridgehead atoms. The number of fused-ring (bicyclic) bond motifs is 3. The van der Waals surface area contributed by atoms with E-state index in [0.717, 1.165) is 29.7 Å². The van der Waals surface area contributed by atoms with E-state index in [0.29, 0.717) is 41.9 Å². The first-order valence-corrected chi connectivity index (χ1v) is 10.9. The predicted octanol–water partition coefficient (Wildman–Crippen LogP) is 3.64. The lowest BCUT2D eigenvalue weighted by molar-refractivity contribution is -0.134. The first-order chi connectivity index (χ1) is 15.1. The fourth-order valence-corrected chi connectivity index (χ4v) is 4.57. The summed E-state index contributed by atoms with van der Waals surface area (Å²) in [7, 11) is 0. The highest BCUT2D eigenvalue weighted by Gasteiger charge is 2.38. The number of aromatic nitrogens is 4. The lowest BCUT2D eigenvalue weighted by atomic mass is 10.1. The number of nitrogens with zero attached hydrogens (tertiary/aromatic N) is 6. The number of anilines is 1. The molecule has 158 valence electrons. The number of piperazine rings is 1. The topological polar surface area (TPSA) is 79.8 Å². The number of carbonyl (C=O) groups is 1. The molecular formula is C22H21ClN6O2. The Balaban J connectivity index is 1.48. The van der Waals surface area contributed by atoms with Crippen molar-refractivity contribution in [2.24, 2.45) is 5.92 Å². The van der Waals surface area contributed by atoms with Crippen LogP contribution in [-0.2, 0) is 4.79 Å². The van der Waals surface area contributed by atoms with Crippen molar-refractivity contribution in [1.29, 1.82) is 0 Å². The first-order valence-electron chi connectivity index (χ1n) is 10.5. The maximum Gasteiger partial charge on any atom is 0.226 e. The summed E-state index contributed by atoms with van der Waals surface area (Å²) in [6.45, 7) is 4.14. The van der Waals surface area contributed by atoms with Gasteiger partial charge in [-0.15, -0.1) is 10.2 Å². The van der Waals surface area contributed by atoms with Crippen molar-refractivity contribution < 1.29 is 9.21 Å². The summed E-state index contributed by atoms with van der Waals surface area (Å²) in [6, 6.07) is 9.38. The summed E-state index contributed by atoms with van der Waals surface area (Å²) in [5, 5.41) is 10.4. The van der Waals surface area contributed by atoms with Gasteiger partial charge < -0.3 is 14.2 Å². The molecule has 6 rings (SSSR count). The standard InChI is InChI=1S/C22H21ClN6O2/c1-13-12-27(8-9-28(13)21(30)14-4-5-14)22-24-17-11-15(23)6-7-16(17)19-25-26-20(29(19)22)18-3-2-10-31-18/h2-3,6-7,10-11,13-14H,4-5,8-9,12H2,1H3/t13-/m0/s1. The van der Waals surface area contributed by atoms with E-state index in [4.69, 9.17) is 21.0 Å². The van der Waals surface area contributed by atoms with Gasteiger partial charge in [0, 0.05) is 42.0 Å². The summed E-state index contributed by atoms with van der Waals surface area (Å²) in [6.07, 6.45) is 3.66. The third-order valence-electron chi connectivity index (χ3n) is 6.15. The van der Waals surface area contributed by atoms with Gasteiger partial charge in [-0.2, -0.15) is 0 Å². The number of rotatable bonds is 3. The molecule has 1 atom stereocenters. The summed E-state index contributed by atoms with van der Waals surface area (Å²) in [4.78, 5) is 21.8. The third-order valence-corrected chi connectivity index (χ3v) is 6.38. The van der Waals surface area contributed by atoms with Crippen molar-refractivity contribution in [3.8, 4) is 11.6 Å². The Kier molecular flexibility index (Phi) is 4.17. The Morgan fingerprint density at radius 3 is 2.81 bits per heavy atom. The molecule has 2 aliphatic rings. The quantitative estimate of drug-likeness (QED) is 0.488. The highest BCUT2D eigenvalue weighted by molar-refractivity contribution is 6.31. The summed E-state index contributed by atoms with van der Waals surface area (Å²) in [5.74, 6) is 2.47. The van der Waals surface area contributed by atoms with E-state index in [2.05, 4.69) is 22.0 Å². The second-order valence-corrected chi connectivity index (χ2v) is 8.77. The second-order valence-electron chi connectivity index (χ2n) is 8.33. The first kappa shape index (κ1) is 18.6. The van der Waals surface area contributed by atoms with E-state index in [9.17, 15) is 4.79 Å². The molecule has 2 fully saturated rings. The lowest BCUT2D eigenvalue weighted by Gasteiger charge is -2.40. The lowest BCUT2D eigenvalue weighted by Crippen LogP contribution is -2.55. The Hall–Kier alpha value is -3.13. The molecule has 0 unspecified atom stereocenters. The molecule has 1 amide bonds. The SMILES string of the molecule is C[C@H]1CN(c2nc3cc(Cl)ccc3c3nnc(-c4ccco4)n23)CCN1C(=O)C1CC1. The molecule has 1 saturated heterocycles. The zero-order chi connectivity index (χ0) is 21.1. The van der Waals surface area contributed by atoms with E-state index in [1.165, 1.54) is 0 Å². The molecule has 4 heterocycles. The van der Waals surface area contributed by atoms with Gasteiger partial charge in [-0.05, 0) is 50.1 Å². The number of furan rings is 1. The maximum absolute atomic E-state index is 12.6. The van der Waals surface area contributed by atoms with Gasteiger partial charge in [-0.3, -0.25) is 4.79 Å².